The lowest BCUT2D eigenvalue weighted by Crippen LogP contribution is -2.33. The third-order valence-electron chi connectivity index (χ3n) is 2.60. The predicted molar refractivity (Wildman–Crippen MR) is 73.6 cm³/mol. The molecule has 0 saturated carbocycles. The smallest absolute Gasteiger partial charge is 0.326 e. The Labute approximate surface area is 123 Å². The van der Waals surface area contributed by atoms with E-state index in [1.54, 1.807) is 7.05 Å². The lowest BCUT2D eigenvalue weighted by atomic mass is 10.2. The fourth-order valence-corrected chi connectivity index (χ4v) is 4.20. The number of sulfonamides is 1. The van der Waals surface area contributed by atoms with Gasteiger partial charge in [0.05, 0.1) is 6.20 Å². The number of thiazole rings is 1. The quantitative estimate of drug-likeness (QED) is 0.681. The maximum atomic E-state index is 12.2. The van der Waals surface area contributed by atoms with Gasteiger partial charge in [0.15, 0.2) is 4.21 Å². The Kier molecular flexibility index (Phi) is 3.98. The van der Waals surface area contributed by atoms with Gasteiger partial charge in [-0.05, 0) is 6.92 Å². The minimum atomic E-state index is -4.13. The van der Waals surface area contributed by atoms with Crippen LogP contribution in [0.3, 0.4) is 0 Å². The van der Waals surface area contributed by atoms with Gasteiger partial charge in [-0.15, -0.1) is 0 Å². The Bertz CT molecular complexity index is 832. The molecule has 0 saturated heterocycles. The average molecular weight is 332 g/mol. The number of H-pyrrole nitrogens is 1. The third kappa shape index (κ3) is 3.20. The summed E-state index contributed by atoms with van der Waals surface area (Å²) in [6.07, 6.45) is 2.65. The lowest BCUT2D eigenvalue weighted by Gasteiger charge is -2.12. The first-order chi connectivity index (χ1) is 9.70. The van der Waals surface area contributed by atoms with Crippen molar-refractivity contribution in [2.75, 3.05) is 0 Å². The molecule has 0 aliphatic rings. The summed E-state index contributed by atoms with van der Waals surface area (Å²) >= 11 is 0.500. The van der Waals surface area contributed by atoms with Crippen molar-refractivity contribution in [3.8, 4) is 0 Å². The molecule has 0 aliphatic carbocycles. The summed E-state index contributed by atoms with van der Waals surface area (Å²) in [5.41, 5.74) is 0.349. The van der Waals surface area contributed by atoms with Crippen LogP contribution in [-0.4, -0.2) is 34.3 Å². The van der Waals surface area contributed by atoms with Gasteiger partial charge >= 0.3 is 10.8 Å². The second kappa shape index (κ2) is 5.42. The molecule has 1 unspecified atom stereocenters. The Morgan fingerprint density at radius 1 is 1.57 bits per heavy atom. The van der Waals surface area contributed by atoms with Crippen LogP contribution in [0.2, 0.25) is 0 Å². The number of carboxylic acid groups (broad SMARTS) is 1. The van der Waals surface area contributed by atoms with E-state index in [0.717, 1.165) is 0 Å². The zero-order valence-electron chi connectivity index (χ0n) is 11.0. The van der Waals surface area contributed by atoms with Gasteiger partial charge in [-0.1, -0.05) is 11.3 Å². The van der Waals surface area contributed by atoms with Crippen LogP contribution in [0.15, 0.2) is 21.4 Å². The fraction of sp³-hybridized carbons (Fsp3) is 0.300. The summed E-state index contributed by atoms with van der Waals surface area (Å²) in [7, 11) is -2.55. The first kappa shape index (κ1) is 15.4. The van der Waals surface area contributed by atoms with Gasteiger partial charge in [0.1, 0.15) is 6.04 Å². The van der Waals surface area contributed by atoms with Crippen molar-refractivity contribution in [2.24, 2.45) is 7.05 Å². The Morgan fingerprint density at radius 2 is 2.24 bits per heavy atom. The van der Waals surface area contributed by atoms with Crippen LogP contribution in [0, 0.1) is 6.92 Å². The van der Waals surface area contributed by atoms with Crippen molar-refractivity contribution < 1.29 is 18.3 Å². The maximum absolute atomic E-state index is 12.2. The molecule has 2 heterocycles. The van der Waals surface area contributed by atoms with E-state index in [1.807, 2.05) is 0 Å². The van der Waals surface area contributed by atoms with Gasteiger partial charge in [0.25, 0.3) is 10.0 Å². The van der Waals surface area contributed by atoms with Gasteiger partial charge in [0, 0.05) is 24.5 Å². The summed E-state index contributed by atoms with van der Waals surface area (Å²) in [6.45, 7) is 1.42. The molecular formula is C10H12N4O5S2. The summed E-state index contributed by atoms with van der Waals surface area (Å²) in [5, 5.41) is 13.0. The zero-order chi connectivity index (χ0) is 15.8. The number of aliphatic carboxylic acids is 1. The second-order valence-electron chi connectivity index (χ2n) is 4.27. The number of nitrogens with one attached hydrogen (secondary N) is 2. The molecule has 0 bridgehead atoms. The van der Waals surface area contributed by atoms with E-state index in [-0.39, 0.29) is 15.5 Å². The topological polar surface area (TPSA) is 134 Å². The van der Waals surface area contributed by atoms with Crippen LogP contribution in [-0.2, 0) is 21.9 Å². The molecule has 3 N–H and O–H groups in total. The number of aryl methyl sites for hydroxylation is 2. The molecular weight excluding hydrogens is 320 g/mol. The number of rotatable bonds is 5. The van der Waals surface area contributed by atoms with Gasteiger partial charge in [-0.2, -0.15) is 9.82 Å². The molecule has 2 aromatic heterocycles. The van der Waals surface area contributed by atoms with Crippen LogP contribution in [0.4, 0.5) is 0 Å². The number of nitrogens with zero attached hydrogens (tertiary/aromatic N) is 2. The molecule has 21 heavy (non-hydrogen) atoms. The number of carbonyl (C=O) groups is 1. The van der Waals surface area contributed by atoms with E-state index >= 15 is 0 Å². The first-order valence-electron chi connectivity index (χ1n) is 5.64. The van der Waals surface area contributed by atoms with Crippen LogP contribution in [0.5, 0.6) is 0 Å². The predicted octanol–water partition coefficient (Wildman–Crippen LogP) is -0.417. The van der Waals surface area contributed by atoms with Crippen molar-refractivity contribution in [1.82, 2.24) is 19.5 Å². The van der Waals surface area contributed by atoms with Crippen LogP contribution in [0.25, 0.3) is 0 Å². The highest BCUT2D eigenvalue weighted by molar-refractivity contribution is 7.91. The largest absolute Gasteiger partial charge is 0.480 e. The third-order valence-corrected chi connectivity index (χ3v) is 5.63. The number of aromatic nitrogens is 3. The molecule has 0 aromatic carbocycles. The first-order valence-corrected chi connectivity index (χ1v) is 7.94. The van der Waals surface area contributed by atoms with Crippen molar-refractivity contribution in [3.63, 3.8) is 0 Å². The van der Waals surface area contributed by atoms with Crippen LogP contribution < -0.4 is 9.60 Å². The molecule has 1 atom stereocenters. The van der Waals surface area contributed by atoms with Gasteiger partial charge < -0.3 is 10.1 Å². The number of carboxylic acids is 1. The standard InChI is InChI=1S/C10H12N4O5S2/c1-5-9(20-10(17)12-5)21(18,19)13-7(8(15)16)6-3-11-14(2)4-6/h3-4,7,13H,1-2H3,(H,12,17)(H,15,16). The average Bonchev–Trinajstić information content (AvgIpc) is 2.92. The summed E-state index contributed by atoms with van der Waals surface area (Å²) in [6, 6.07) is -1.49. The Morgan fingerprint density at radius 3 is 2.67 bits per heavy atom. The molecule has 2 rings (SSSR count). The zero-order valence-corrected chi connectivity index (χ0v) is 12.7. The summed E-state index contributed by atoms with van der Waals surface area (Å²) in [5.74, 6) is -1.37. The van der Waals surface area contributed by atoms with Crippen LogP contribution in [0.1, 0.15) is 17.3 Å². The normalized spacial score (nSPS) is 13.2. The molecule has 11 heteroatoms. The molecule has 0 spiro atoms. The van der Waals surface area contributed by atoms with Crippen LogP contribution >= 0.6 is 11.3 Å². The Hall–Kier alpha value is -1.98. The number of aromatic amines is 1. The molecule has 2 aromatic rings. The monoisotopic (exact) mass is 332 g/mol. The van der Waals surface area contributed by atoms with E-state index in [4.69, 9.17) is 0 Å². The molecule has 114 valence electrons. The molecule has 0 fully saturated rings. The minimum absolute atomic E-state index is 0.160. The van der Waals surface area contributed by atoms with Gasteiger partial charge in [0.2, 0.25) is 0 Å². The SMILES string of the molecule is Cc1[nH]c(=O)sc1S(=O)(=O)NC(C(=O)O)c1cnn(C)c1. The van der Waals surface area contributed by atoms with E-state index < -0.39 is 26.9 Å². The van der Waals surface area contributed by atoms with E-state index in [1.165, 1.54) is 24.0 Å². The van der Waals surface area contributed by atoms with Gasteiger partial charge in [-0.25, -0.2) is 8.42 Å². The highest BCUT2D eigenvalue weighted by Crippen LogP contribution is 2.20. The molecule has 0 aliphatic heterocycles. The summed E-state index contributed by atoms with van der Waals surface area (Å²) < 4.78 is 27.6. The summed E-state index contributed by atoms with van der Waals surface area (Å²) in [4.78, 5) is 24.3. The van der Waals surface area contributed by atoms with Crippen molar-refractivity contribution in [3.05, 3.63) is 33.3 Å². The van der Waals surface area contributed by atoms with Crippen molar-refractivity contribution in [2.45, 2.75) is 17.2 Å². The van der Waals surface area contributed by atoms with Crippen molar-refractivity contribution >= 4 is 27.3 Å². The van der Waals surface area contributed by atoms with Crippen molar-refractivity contribution in [1.29, 1.82) is 0 Å². The number of hydrogen-bond donors (Lipinski definition) is 3. The number of hydrogen-bond acceptors (Lipinski definition) is 6. The minimum Gasteiger partial charge on any atom is -0.480 e. The Balaban J connectivity index is 2.39. The molecule has 0 radical (unpaired) electrons. The second-order valence-corrected chi connectivity index (χ2v) is 7.16. The van der Waals surface area contributed by atoms with E-state index in [0.29, 0.717) is 11.3 Å². The fourth-order valence-electron chi connectivity index (χ4n) is 1.71. The van der Waals surface area contributed by atoms with E-state index in [2.05, 4.69) is 14.8 Å². The lowest BCUT2D eigenvalue weighted by molar-refractivity contribution is -0.139. The highest BCUT2D eigenvalue weighted by Gasteiger charge is 2.30. The highest BCUT2D eigenvalue weighted by atomic mass is 32.2. The molecule has 0 amide bonds. The maximum Gasteiger partial charge on any atom is 0.326 e. The molecule has 9 nitrogen and oxygen atoms in total. The van der Waals surface area contributed by atoms with E-state index in [9.17, 15) is 23.1 Å². The van der Waals surface area contributed by atoms with Gasteiger partial charge in [-0.3, -0.25) is 14.3 Å².